The Bertz CT molecular complexity index is 675. The average Bonchev–Trinajstić information content (AvgIpc) is 2.88. The third kappa shape index (κ3) is 2.77. The third-order valence-corrected chi connectivity index (χ3v) is 3.81. The van der Waals surface area contributed by atoms with Crippen LogP contribution in [0.5, 0.6) is 0 Å². The minimum Gasteiger partial charge on any atom is -0.385 e. The van der Waals surface area contributed by atoms with Crippen molar-refractivity contribution in [2.75, 3.05) is 17.2 Å². The van der Waals surface area contributed by atoms with Gasteiger partial charge >= 0.3 is 0 Å². The van der Waals surface area contributed by atoms with Crippen molar-refractivity contribution >= 4 is 17.3 Å². The summed E-state index contributed by atoms with van der Waals surface area (Å²) in [4.78, 5) is 12.3. The van der Waals surface area contributed by atoms with E-state index < -0.39 is 0 Å². The van der Waals surface area contributed by atoms with Crippen molar-refractivity contribution in [1.82, 2.24) is 9.78 Å². The molecule has 0 unspecified atom stereocenters. The lowest BCUT2D eigenvalue weighted by molar-refractivity contribution is 0.102. The maximum atomic E-state index is 12.3. The number of anilines is 2. The van der Waals surface area contributed by atoms with Gasteiger partial charge in [0.25, 0.3) is 5.91 Å². The highest BCUT2D eigenvalue weighted by Gasteiger charge is 2.14. The van der Waals surface area contributed by atoms with Gasteiger partial charge in [0.15, 0.2) is 5.69 Å². The van der Waals surface area contributed by atoms with Crippen LogP contribution in [0.1, 0.15) is 35.1 Å². The summed E-state index contributed by atoms with van der Waals surface area (Å²) in [5.74, 6) is -0.158. The number of benzene rings is 1. The van der Waals surface area contributed by atoms with Gasteiger partial charge < -0.3 is 10.6 Å². The highest BCUT2D eigenvalue weighted by atomic mass is 16.1. The van der Waals surface area contributed by atoms with Crippen molar-refractivity contribution in [3.8, 4) is 0 Å². The Morgan fingerprint density at radius 1 is 1.43 bits per heavy atom. The molecular formula is C16H20N4O. The number of nitrogens with one attached hydrogen (secondary N) is 2. The van der Waals surface area contributed by atoms with Gasteiger partial charge in [-0.25, -0.2) is 0 Å². The molecule has 2 aromatic rings. The molecule has 0 saturated carbocycles. The molecule has 5 nitrogen and oxygen atoms in total. The van der Waals surface area contributed by atoms with Gasteiger partial charge in [-0.2, -0.15) is 5.10 Å². The SMILES string of the molecule is CCn1nc(C(=O)Nc2ccc3c(c2)CCCN3)cc1C. The molecule has 0 spiro atoms. The van der Waals surface area contributed by atoms with Crippen molar-refractivity contribution in [3.63, 3.8) is 0 Å². The molecule has 3 rings (SSSR count). The molecule has 1 aliphatic rings. The number of hydrogen-bond acceptors (Lipinski definition) is 3. The second-order valence-corrected chi connectivity index (χ2v) is 5.34. The Kier molecular flexibility index (Phi) is 3.64. The fourth-order valence-corrected chi connectivity index (χ4v) is 2.69. The molecule has 1 aromatic heterocycles. The fraction of sp³-hybridized carbons (Fsp3) is 0.375. The molecule has 0 radical (unpaired) electrons. The summed E-state index contributed by atoms with van der Waals surface area (Å²) in [6.45, 7) is 5.76. The first-order valence-electron chi connectivity index (χ1n) is 7.40. The summed E-state index contributed by atoms with van der Waals surface area (Å²) in [6.07, 6.45) is 2.18. The minimum absolute atomic E-state index is 0.158. The maximum Gasteiger partial charge on any atom is 0.276 e. The Morgan fingerprint density at radius 2 is 2.29 bits per heavy atom. The molecule has 21 heavy (non-hydrogen) atoms. The van der Waals surface area contributed by atoms with Crippen LogP contribution in [0.25, 0.3) is 0 Å². The number of aryl methyl sites for hydroxylation is 3. The number of carbonyl (C=O) groups excluding carboxylic acids is 1. The molecule has 0 atom stereocenters. The quantitative estimate of drug-likeness (QED) is 0.911. The monoisotopic (exact) mass is 284 g/mol. The molecule has 5 heteroatoms. The van der Waals surface area contributed by atoms with E-state index in [1.54, 1.807) is 0 Å². The van der Waals surface area contributed by atoms with Crippen LogP contribution >= 0.6 is 0 Å². The number of aromatic nitrogens is 2. The van der Waals surface area contributed by atoms with Crippen molar-refractivity contribution in [2.24, 2.45) is 0 Å². The lowest BCUT2D eigenvalue weighted by Crippen LogP contribution is -2.15. The normalized spacial score (nSPS) is 13.4. The Hall–Kier alpha value is -2.30. The maximum absolute atomic E-state index is 12.3. The van der Waals surface area contributed by atoms with Crippen molar-refractivity contribution in [1.29, 1.82) is 0 Å². The van der Waals surface area contributed by atoms with Gasteiger partial charge in [0.2, 0.25) is 0 Å². The van der Waals surface area contributed by atoms with E-state index in [9.17, 15) is 4.79 Å². The molecule has 110 valence electrons. The van der Waals surface area contributed by atoms with E-state index in [0.29, 0.717) is 5.69 Å². The molecule has 1 amide bonds. The van der Waals surface area contributed by atoms with Crippen molar-refractivity contribution in [3.05, 3.63) is 41.2 Å². The topological polar surface area (TPSA) is 59.0 Å². The van der Waals surface area contributed by atoms with Gasteiger partial charge in [0, 0.05) is 30.2 Å². The van der Waals surface area contributed by atoms with Gasteiger partial charge in [0.1, 0.15) is 0 Å². The average molecular weight is 284 g/mol. The van der Waals surface area contributed by atoms with Crippen molar-refractivity contribution < 1.29 is 4.79 Å². The number of nitrogens with zero attached hydrogens (tertiary/aromatic N) is 2. The van der Waals surface area contributed by atoms with E-state index in [-0.39, 0.29) is 5.91 Å². The Balaban J connectivity index is 1.77. The van der Waals surface area contributed by atoms with E-state index in [1.807, 2.05) is 42.8 Å². The Morgan fingerprint density at radius 3 is 3.05 bits per heavy atom. The van der Waals surface area contributed by atoms with E-state index in [4.69, 9.17) is 0 Å². The van der Waals surface area contributed by atoms with E-state index >= 15 is 0 Å². The zero-order valence-electron chi connectivity index (χ0n) is 12.4. The van der Waals surface area contributed by atoms with Crippen LogP contribution in [0.15, 0.2) is 24.3 Å². The number of hydrogen-bond donors (Lipinski definition) is 2. The standard InChI is InChI=1S/C16H20N4O/c1-3-20-11(2)9-15(19-20)16(21)18-13-6-7-14-12(10-13)5-4-8-17-14/h6-7,9-10,17H,3-5,8H2,1-2H3,(H,18,21). The number of carbonyl (C=O) groups is 1. The molecule has 0 bridgehead atoms. The number of rotatable bonds is 3. The van der Waals surface area contributed by atoms with E-state index in [2.05, 4.69) is 15.7 Å². The third-order valence-electron chi connectivity index (χ3n) is 3.81. The second-order valence-electron chi connectivity index (χ2n) is 5.34. The van der Waals surface area contributed by atoms with Crippen LogP contribution in [0.2, 0.25) is 0 Å². The number of fused-ring (bicyclic) bond motifs is 1. The first-order valence-corrected chi connectivity index (χ1v) is 7.40. The summed E-state index contributed by atoms with van der Waals surface area (Å²) in [6, 6.07) is 7.82. The molecular weight excluding hydrogens is 264 g/mol. The van der Waals surface area contributed by atoms with E-state index in [0.717, 1.165) is 37.3 Å². The summed E-state index contributed by atoms with van der Waals surface area (Å²) in [7, 11) is 0. The van der Waals surface area contributed by atoms with Gasteiger partial charge in [0.05, 0.1) is 0 Å². The predicted octanol–water partition coefficient (Wildman–Crippen LogP) is 2.82. The smallest absolute Gasteiger partial charge is 0.276 e. The van der Waals surface area contributed by atoms with Crippen LogP contribution in [0.4, 0.5) is 11.4 Å². The van der Waals surface area contributed by atoms with Crippen LogP contribution in [-0.2, 0) is 13.0 Å². The zero-order chi connectivity index (χ0) is 14.8. The predicted molar refractivity (Wildman–Crippen MR) is 83.8 cm³/mol. The second kappa shape index (κ2) is 5.60. The first kappa shape index (κ1) is 13.7. The number of amides is 1. The van der Waals surface area contributed by atoms with Crippen LogP contribution in [0, 0.1) is 6.92 Å². The summed E-state index contributed by atoms with van der Waals surface area (Å²) in [5.41, 5.74) is 4.72. The molecule has 2 N–H and O–H groups in total. The van der Waals surface area contributed by atoms with Gasteiger partial charge in [-0.05, 0) is 56.5 Å². The van der Waals surface area contributed by atoms with Crippen LogP contribution < -0.4 is 10.6 Å². The lowest BCUT2D eigenvalue weighted by atomic mass is 10.0. The molecule has 0 saturated heterocycles. The highest BCUT2D eigenvalue weighted by Crippen LogP contribution is 2.25. The molecule has 1 aromatic carbocycles. The summed E-state index contributed by atoms with van der Waals surface area (Å²) in [5, 5.41) is 10.6. The minimum atomic E-state index is -0.158. The molecule has 2 heterocycles. The Labute approximate surface area is 124 Å². The van der Waals surface area contributed by atoms with Gasteiger partial charge in [-0.15, -0.1) is 0 Å². The summed E-state index contributed by atoms with van der Waals surface area (Å²) < 4.78 is 1.83. The van der Waals surface area contributed by atoms with Crippen LogP contribution in [0.3, 0.4) is 0 Å². The van der Waals surface area contributed by atoms with E-state index in [1.165, 1.54) is 11.3 Å². The largest absolute Gasteiger partial charge is 0.385 e. The molecule has 1 aliphatic heterocycles. The first-order chi connectivity index (χ1) is 10.2. The highest BCUT2D eigenvalue weighted by molar-refractivity contribution is 6.03. The zero-order valence-corrected chi connectivity index (χ0v) is 12.4. The lowest BCUT2D eigenvalue weighted by Gasteiger charge is -2.18. The van der Waals surface area contributed by atoms with Gasteiger partial charge in [-0.1, -0.05) is 0 Å². The molecule has 0 aliphatic carbocycles. The molecule has 0 fully saturated rings. The fourth-order valence-electron chi connectivity index (χ4n) is 2.69. The summed E-state index contributed by atoms with van der Waals surface area (Å²) >= 11 is 0. The van der Waals surface area contributed by atoms with Gasteiger partial charge in [-0.3, -0.25) is 9.48 Å². The van der Waals surface area contributed by atoms with Crippen LogP contribution in [-0.4, -0.2) is 22.2 Å². The van der Waals surface area contributed by atoms with Crippen molar-refractivity contribution in [2.45, 2.75) is 33.2 Å².